The highest BCUT2D eigenvalue weighted by molar-refractivity contribution is 5.71. The molecular formula is C34H50O4. The molecule has 6 rings (SSSR count). The average Bonchev–Trinajstić information content (AvgIpc) is 3.27. The molecule has 0 aromatic heterocycles. The van der Waals surface area contributed by atoms with Gasteiger partial charge in [-0.05, 0) is 109 Å². The van der Waals surface area contributed by atoms with Crippen molar-refractivity contribution in [1.82, 2.24) is 0 Å². The number of hydrogen-bond donors (Lipinski definition) is 2. The van der Waals surface area contributed by atoms with Crippen molar-refractivity contribution < 1.29 is 19.7 Å². The number of benzene rings is 1. The summed E-state index contributed by atoms with van der Waals surface area (Å²) >= 11 is 0. The number of aliphatic carboxylic acids is 1. The number of aliphatic hydroxyl groups excluding tert-OH is 1. The van der Waals surface area contributed by atoms with Crippen LogP contribution in [0.5, 0.6) is 0 Å². The molecule has 10 atom stereocenters. The third-order valence-electron chi connectivity index (χ3n) is 14.0. The lowest BCUT2D eigenvalue weighted by Crippen LogP contribution is -2.67. The quantitative estimate of drug-likeness (QED) is 0.430. The van der Waals surface area contributed by atoms with Crippen molar-refractivity contribution >= 4 is 5.97 Å². The number of carboxylic acid groups (broad SMARTS) is 1. The zero-order chi connectivity index (χ0) is 27.1. The summed E-state index contributed by atoms with van der Waals surface area (Å²) in [6, 6.07) is 10.4. The van der Waals surface area contributed by atoms with Crippen LogP contribution in [0, 0.1) is 51.2 Å². The molecule has 5 aliphatic rings. The SMILES string of the molecule is CC1(C)[C@@H](O)CC[C@]2(C)[C@H]3CC[C@@H]4[C@H]5[C@H](C(=O)O)CCC5(OCc5ccccc5)CC[C@@]4(C)[C@]3(C)CC[C@@H]12. The summed E-state index contributed by atoms with van der Waals surface area (Å²) in [4.78, 5) is 12.7. The first-order chi connectivity index (χ1) is 17.9. The van der Waals surface area contributed by atoms with Crippen molar-refractivity contribution in [1.29, 1.82) is 0 Å². The van der Waals surface area contributed by atoms with Crippen LogP contribution in [0.2, 0.25) is 0 Å². The summed E-state index contributed by atoms with van der Waals surface area (Å²) in [6.07, 6.45) is 10.2. The van der Waals surface area contributed by atoms with Gasteiger partial charge in [-0.15, -0.1) is 0 Å². The molecule has 2 N–H and O–H groups in total. The van der Waals surface area contributed by atoms with Gasteiger partial charge in [0.25, 0.3) is 0 Å². The van der Waals surface area contributed by atoms with Gasteiger partial charge in [-0.1, -0.05) is 65.0 Å². The number of rotatable bonds is 4. The van der Waals surface area contributed by atoms with Crippen LogP contribution >= 0.6 is 0 Å². The Labute approximate surface area is 229 Å². The third-order valence-corrected chi connectivity index (χ3v) is 14.0. The third kappa shape index (κ3) is 3.51. The second kappa shape index (κ2) is 8.80. The highest BCUT2D eigenvalue weighted by Gasteiger charge is 2.71. The van der Waals surface area contributed by atoms with E-state index in [-0.39, 0.29) is 45.2 Å². The number of aliphatic hydroxyl groups is 1. The molecule has 0 bridgehead atoms. The Morgan fingerprint density at radius 1 is 0.842 bits per heavy atom. The van der Waals surface area contributed by atoms with Gasteiger partial charge in [0.15, 0.2) is 0 Å². The fraction of sp³-hybridized carbons (Fsp3) is 0.794. The zero-order valence-electron chi connectivity index (χ0n) is 24.3. The van der Waals surface area contributed by atoms with E-state index in [1.807, 2.05) is 6.07 Å². The molecule has 0 heterocycles. The molecule has 1 aromatic carbocycles. The van der Waals surface area contributed by atoms with Crippen LogP contribution in [0.15, 0.2) is 30.3 Å². The van der Waals surface area contributed by atoms with Gasteiger partial charge in [0.2, 0.25) is 0 Å². The van der Waals surface area contributed by atoms with E-state index in [0.717, 1.165) is 44.9 Å². The summed E-state index contributed by atoms with van der Waals surface area (Å²) in [5.74, 6) is 0.743. The van der Waals surface area contributed by atoms with Gasteiger partial charge in [0.05, 0.1) is 24.2 Å². The number of hydrogen-bond acceptors (Lipinski definition) is 3. The summed E-state index contributed by atoms with van der Waals surface area (Å²) in [6.45, 7) is 12.9. The molecule has 1 unspecified atom stereocenters. The summed E-state index contributed by atoms with van der Waals surface area (Å²) in [5, 5.41) is 21.4. The molecule has 0 saturated heterocycles. The van der Waals surface area contributed by atoms with Gasteiger partial charge >= 0.3 is 5.97 Å². The molecule has 4 nitrogen and oxygen atoms in total. The monoisotopic (exact) mass is 522 g/mol. The molecule has 0 spiro atoms. The summed E-state index contributed by atoms with van der Waals surface area (Å²) < 4.78 is 6.88. The van der Waals surface area contributed by atoms with Crippen molar-refractivity contribution in [2.75, 3.05) is 0 Å². The van der Waals surface area contributed by atoms with Crippen molar-refractivity contribution in [3.63, 3.8) is 0 Å². The normalized spacial score (nSPS) is 49.3. The summed E-state index contributed by atoms with van der Waals surface area (Å²) in [7, 11) is 0. The Kier molecular flexibility index (Phi) is 6.21. The lowest BCUT2D eigenvalue weighted by molar-refractivity contribution is -0.261. The van der Waals surface area contributed by atoms with E-state index in [0.29, 0.717) is 24.4 Å². The maximum Gasteiger partial charge on any atom is 0.306 e. The number of carbonyl (C=O) groups is 1. The molecule has 5 aliphatic carbocycles. The van der Waals surface area contributed by atoms with Crippen molar-refractivity contribution in [2.24, 2.45) is 51.2 Å². The van der Waals surface area contributed by atoms with Gasteiger partial charge < -0.3 is 14.9 Å². The Bertz CT molecular complexity index is 1070. The summed E-state index contributed by atoms with van der Waals surface area (Å²) in [5.41, 5.74) is 1.37. The number of fused-ring (bicyclic) bond motifs is 7. The van der Waals surface area contributed by atoms with Gasteiger partial charge in [0.1, 0.15) is 0 Å². The average molecular weight is 523 g/mol. The Balaban J connectivity index is 1.35. The zero-order valence-corrected chi connectivity index (χ0v) is 24.3. The topological polar surface area (TPSA) is 66.8 Å². The largest absolute Gasteiger partial charge is 0.481 e. The Morgan fingerprint density at radius 3 is 2.29 bits per heavy atom. The predicted octanol–water partition coefficient (Wildman–Crippen LogP) is 7.48. The Hall–Kier alpha value is -1.39. The second-order valence-electron chi connectivity index (χ2n) is 15.4. The van der Waals surface area contributed by atoms with Crippen molar-refractivity contribution in [3.05, 3.63) is 35.9 Å². The van der Waals surface area contributed by atoms with E-state index in [2.05, 4.69) is 58.9 Å². The molecule has 5 saturated carbocycles. The molecule has 5 fully saturated rings. The number of carboxylic acids is 1. The minimum Gasteiger partial charge on any atom is -0.481 e. The molecule has 0 aliphatic heterocycles. The minimum atomic E-state index is -0.615. The molecule has 4 heteroatoms. The highest BCUT2D eigenvalue weighted by Crippen LogP contribution is 2.76. The molecule has 38 heavy (non-hydrogen) atoms. The maximum absolute atomic E-state index is 12.7. The van der Waals surface area contributed by atoms with Crippen LogP contribution in [-0.2, 0) is 16.1 Å². The van der Waals surface area contributed by atoms with Crippen molar-refractivity contribution in [3.8, 4) is 0 Å². The smallest absolute Gasteiger partial charge is 0.306 e. The first-order valence-electron chi connectivity index (χ1n) is 15.5. The van der Waals surface area contributed by atoms with Gasteiger partial charge in [-0.3, -0.25) is 4.79 Å². The van der Waals surface area contributed by atoms with E-state index < -0.39 is 5.97 Å². The van der Waals surface area contributed by atoms with E-state index >= 15 is 0 Å². The van der Waals surface area contributed by atoms with Crippen molar-refractivity contribution in [2.45, 2.75) is 117 Å². The standard InChI is InChI=1S/C34H50O4/c1-30(2)25-14-17-33(5)26(31(25,3)16-15-27(30)35)12-11-24-28-23(29(36)37)13-18-34(28,20-19-32(24,33)4)38-21-22-9-7-6-8-10-22/h6-10,23-28,35H,11-21H2,1-5H3,(H,36,37)/t23-,24-,25+,26-,27+,28-,31+,32-,33-,34?/m1/s1. The van der Waals surface area contributed by atoms with Gasteiger partial charge in [-0.25, -0.2) is 0 Å². The highest BCUT2D eigenvalue weighted by atomic mass is 16.5. The molecular weight excluding hydrogens is 472 g/mol. The first-order valence-corrected chi connectivity index (χ1v) is 15.5. The van der Waals surface area contributed by atoms with Crippen LogP contribution in [0.25, 0.3) is 0 Å². The molecule has 0 amide bonds. The van der Waals surface area contributed by atoms with E-state index in [9.17, 15) is 15.0 Å². The van der Waals surface area contributed by atoms with Crippen LogP contribution < -0.4 is 0 Å². The van der Waals surface area contributed by atoms with Crippen LogP contribution in [0.3, 0.4) is 0 Å². The lowest BCUT2D eigenvalue weighted by atomic mass is 9.33. The number of ether oxygens (including phenoxy) is 1. The van der Waals surface area contributed by atoms with Crippen LogP contribution in [-0.4, -0.2) is 27.9 Å². The van der Waals surface area contributed by atoms with Crippen LogP contribution in [0.4, 0.5) is 0 Å². The fourth-order valence-electron chi connectivity index (χ4n) is 11.8. The van der Waals surface area contributed by atoms with Crippen LogP contribution in [0.1, 0.15) is 104 Å². The lowest BCUT2D eigenvalue weighted by Gasteiger charge is -2.72. The van der Waals surface area contributed by atoms with Gasteiger partial charge in [0, 0.05) is 5.92 Å². The Morgan fingerprint density at radius 2 is 1.58 bits per heavy atom. The maximum atomic E-state index is 12.7. The van der Waals surface area contributed by atoms with Gasteiger partial charge in [-0.2, -0.15) is 0 Å². The second-order valence-corrected chi connectivity index (χ2v) is 15.4. The molecule has 1 aromatic rings. The minimum absolute atomic E-state index is 0.0427. The molecule has 0 radical (unpaired) electrons. The first kappa shape index (κ1) is 26.8. The van der Waals surface area contributed by atoms with E-state index in [1.54, 1.807) is 0 Å². The van der Waals surface area contributed by atoms with E-state index in [4.69, 9.17) is 4.74 Å². The fourth-order valence-corrected chi connectivity index (χ4v) is 11.8. The van der Waals surface area contributed by atoms with E-state index in [1.165, 1.54) is 24.8 Å². The molecule has 210 valence electrons. The predicted molar refractivity (Wildman–Crippen MR) is 149 cm³/mol.